The van der Waals surface area contributed by atoms with Crippen molar-refractivity contribution in [1.29, 1.82) is 0 Å². The number of alkyl carbamates (subject to hydrolysis) is 4. The Kier molecular flexibility index (Phi) is 27.7. The number of thiazole rings is 1. The Morgan fingerprint density at radius 3 is 1.61 bits per heavy atom. The lowest BCUT2D eigenvalue weighted by Crippen LogP contribution is -2.59. The molecule has 28 heteroatoms. The Hall–Kier alpha value is -9.29. The maximum absolute atomic E-state index is 13.8. The maximum Gasteiger partial charge on any atom is 0.408 e. The molecule has 10 atom stereocenters. The van der Waals surface area contributed by atoms with E-state index in [0.717, 1.165) is 56.2 Å². The first kappa shape index (κ1) is 76.5. The molecular formula is C72H92N10O17S. The number of fused-ring (bicyclic) bond motifs is 1. The van der Waals surface area contributed by atoms with E-state index in [4.69, 9.17) is 37.9 Å². The quantitative estimate of drug-likeness (QED) is 0.0140. The first-order valence-corrected chi connectivity index (χ1v) is 33.8. The lowest BCUT2D eigenvalue weighted by atomic mass is 9.86. The summed E-state index contributed by atoms with van der Waals surface area (Å²) >= 11 is 1.55. The number of rotatable bonds is 27. The molecule has 10 unspecified atom stereocenters. The number of hydrogen-bond donors (Lipinski definition) is 8. The van der Waals surface area contributed by atoms with E-state index >= 15 is 0 Å². The summed E-state index contributed by atoms with van der Waals surface area (Å²) in [6, 6.07) is 33.9. The average molecular weight is 1400 g/mol. The van der Waals surface area contributed by atoms with E-state index < -0.39 is 102 Å². The molecule has 0 bridgehead atoms. The van der Waals surface area contributed by atoms with Crippen LogP contribution in [0, 0.1) is 23.7 Å². The van der Waals surface area contributed by atoms with Crippen LogP contribution in [-0.4, -0.2) is 181 Å². The second-order valence-electron chi connectivity index (χ2n) is 26.7. The Balaban J connectivity index is 0.000000255. The number of esters is 1. The molecule has 27 nitrogen and oxygen atoms in total. The molecule has 6 aromatic rings. The number of ether oxygens (including phenoxy) is 8. The summed E-state index contributed by atoms with van der Waals surface area (Å²) < 4.78 is 42.0. The summed E-state index contributed by atoms with van der Waals surface area (Å²) in [5.74, 6) is -1.05. The van der Waals surface area contributed by atoms with E-state index in [9.17, 15) is 43.8 Å². The molecule has 3 saturated heterocycles. The van der Waals surface area contributed by atoms with Crippen molar-refractivity contribution < 1.29 is 81.7 Å². The molecule has 0 aliphatic carbocycles. The van der Waals surface area contributed by atoms with Crippen LogP contribution in [0.5, 0.6) is 5.75 Å². The number of amides is 6. The molecular weight excluding hydrogens is 1310 g/mol. The van der Waals surface area contributed by atoms with Crippen molar-refractivity contribution >= 4 is 53.5 Å². The van der Waals surface area contributed by atoms with Gasteiger partial charge in [-0.3, -0.25) is 25.4 Å². The number of benzene rings is 4. The molecule has 0 spiro atoms. The van der Waals surface area contributed by atoms with Gasteiger partial charge in [0.1, 0.15) is 28.9 Å². The molecule has 5 heterocycles. The Bertz CT molecular complexity index is 3640. The van der Waals surface area contributed by atoms with E-state index in [1.54, 1.807) is 62.6 Å². The van der Waals surface area contributed by atoms with Crippen LogP contribution >= 0.6 is 11.3 Å². The first-order valence-electron chi connectivity index (χ1n) is 32.9. The van der Waals surface area contributed by atoms with E-state index in [2.05, 4.69) is 42.1 Å². The van der Waals surface area contributed by atoms with E-state index in [-0.39, 0.29) is 70.9 Å². The van der Waals surface area contributed by atoms with Gasteiger partial charge in [-0.25, -0.2) is 39.0 Å². The molecule has 8 N–H and O–H groups in total. The summed E-state index contributed by atoms with van der Waals surface area (Å²) in [5.41, 5.74) is 11.3. The predicted molar refractivity (Wildman–Crippen MR) is 369 cm³/mol. The monoisotopic (exact) mass is 1400 g/mol. The van der Waals surface area contributed by atoms with Crippen LogP contribution in [0.25, 0.3) is 21.8 Å². The fourth-order valence-electron chi connectivity index (χ4n) is 11.4. The lowest BCUT2D eigenvalue weighted by molar-refractivity contribution is -0.144. The summed E-state index contributed by atoms with van der Waals surface area (Å²) in [5, 5.41) is 40.2. The fraction of sp³-hybridized carbons (Fsp3) is 0.458. The molecule has 6 amide bonds. The predicted octanol–water partition coefficient (Wildman–Crippen LogP) is 7.56. The number of nitrogens with zero attached hydrogens (tertiary/aromatic N) is 4. The lowest BCUT2D eigenvalue weighted by Gasteiger charge is -2.34. The summed E-state index contributed by atoms with van der Waals surface area (Å²) in [6.07, 6.45) is -4.27. The second-order valence-corrected chi connectivity index (χ2v) is 27.5. The van der Waals surface area contributed by atoms with E-state index in [1.807, 2.05) is 142 Å². The third-order valence-corrected chi connectivity index (χ3v) is 17.8. The highest BCUT2D eigenvalue weighted by atomic mass is 32.1. The Morgan fingerprint density at radius 2 is 1.13 bits per heavy atom. The Labute approximate surface area is 586 Å². The number of hydrogen-bond acceptors (Lipinski definition) is 22. The smallest absolute Gasteiger partial charge is 0.408 e. The largest absolute Gasteiger partial charge is 0.497 e. The van der Waals surface area contributed by atoms with Gasteiger partial charge in [-0.1, -0.05) is 139 Å². The highest BCUT2D eigenvalue weighted by Gasteiger charge is 2.45. The number of aliphatic hydroxyl groups excluding tert-OH is 2. The molecule has 3 fully saturated rings. The zero-order valence-electron chi connectivity index (χ0n) is 58.0. The van der Waals surface area contributed by atoms with Crippen molar-refractivity contribution in [2.24, 2.45) is 16.7 Å². The number of nitrogens with one attached hydrogen (secondary N) is 6. The Morgan fingerprint density at radius 1 is 0.610 bits per heavy atom. The number of methoxy groups -OCH3 is 3. The van der Waals surface area contributed by atoms with Gasteiger partial charge in [0.2, 0.25) is 6.10 Å². The number of pyridine rings is 1. The zero-order valence-corrected chi connectivity index (χ0v) is 58.8. The number of hydrazine groups is 2. The number of carbonyl (C=O) groups excluding carboxylic acids is 7. The zero-order chi connectivity index (χ0) is 72.1. The first-order chi connectivity index (χ1) is 47.7. The molecule has 100 heavy (non-hydrogen) atoms. The van der Waals surface area contributed by atoms with Gasteiger partial charge in [-0.2, -0.15) is 0 Å². The minimum Gasteiger partial charge on any atom is -0.497 e. The van der Waals surface area contributed by atoms with Crippen molar-refractivity contribution in [1.82, 2.24) is 52.1 Å². The van der Waals surface area contributed by atoms with Crippen LogP contribution in [0.1, 0.15) is 82.3 Å². The molecule has 9 rings (SSSR count). The summed E-state index contributed by atoms with van der Waals surface area (Å²) in [7, 11) is 4.02. The third-order valence-electron chi connectivity index (χ3n) is 16.8. The molecule has 0 saturated carbocycles. The SMILES string of the molecule is COC(=O)NC(C(=O)NN(Cc1ccc(-c2ccccn2)cc1)CC(O)C(Cc1ccccc1)NC(=O)OC1CCOC1=O)C(C)(C)C.COC(=O)NC(C(=O)NN(Cc1ccc(-c2nc(C)cs2)cc1)CC(O)C(Cc1ccc(OC)cc1)NC(=O)OC1COC2OCCC12)C(C)(C)C. The van der Waals surface area contributed by atoms with Crippen molar-refractivity contribution in [3.05, 3.63) is 161 Å². The van der Waals surface area contributed by atoms with Gasteiger partial charge in [0.15, 0.2) is 6.29 Å². The summed E-state index contributed by atoms with van der Waals surface area (Å²) in [6.45, 7) is 13.9. The van der Waals surface area contributed by atoms with Crippen LogP contribution in [0.15, 0.2) is 133 Å². The van der Waals surface area contributed by atoms with Crippen molar-refractivity contribution in [2.75, 3.05) is 54.2 Å². The van der Waals surface area contributed by atoms with Gasteiger partial charge in [0.05, 0.1) is 77.1 Å². The molecule has 538 valence electrons. The number of cyclic esters (lactones) is 1. The van der Waals surface area contributed by atoms with Gasteiger partial charge in [-0.05, 0) is 83.5 Å². The minimum atomic E-state index is -1.23. The van der Waals surface area contributed by atoms with Gasteiger partial charge in [0, 0.05) is 61.0 Å². The van der Waals surface area contributed by atoms with Gasteiger partial charge >= 0.3 is 30.3 Å². The van der Waals surface area contributed by atoms with Crippen LogP contribution < -0.4 is 36.9 Å². The molecule has 0 radical (unpaired) electrons. The maximum atomic E-state index is 13.8. The molecule has 3 aliphatic heterocycles. The van der Waals surface area contributed by atoms with Gasteiger partial charge in [0.25, 0.3) is 11.8 Å². The summed E-state index contributed by atoms with van der Waals surface area (Å²) in [4.78, 5) is 98.9. The van der Waals surface area contributed by atoms with Crippen LogP contribution in [0.4, 0.5) is 19.2 Å². The van der Waals surface area contributed by atoms with Crippen molar-refractivity contribution in [3.63, 3.8) is 0 Å². The third kappa shape index (κ3) is 22.9. The topological polar surface area (TPSA) is 338 Å². The van der Waals surface area contributed by atoms with E-state index in [1.165, 1.54) is 19.2 Å². The average Bonchev–Trinajstić information content (AvgIpc) is 1.60. The van der Waals surface area contributed by atoms with Gasteiger partial charge in [-0.15, -0.1) is 11.3 Å². The standard InChI is InChI=1S/C37H49N5O9S.C35H43N5O8/c1-22-21-52-33(38-22)25-11-7-24(8-12-25)18-42(41-32(44)31(37(2,3)4)40-35(45)48-6)19-29(43)28(17-23-9-13-26(47-5)14-10-23)39-36(46)51-30-20-50-34-27(30)15-16-49-34;1-35(2,3)30(38-33(44)46-4)31(42)39-40(21-24-13-15-25(16-14-24)26-12-8-9-18-36-26)22-28(41)27(20-23-10-6-5-7-11-23)37-34(45)48-29-17-19-47-32(29)43/h7-14,21,27-31,34,43H,15-20H2,1-6H3,(H,39,46)(H,40,45)(H,41,44);5-16,18,27-30,41H,17,19-22H2,1-4H3,(H,37,45)(H,38,44)(H,39,42). The van der Waals surface area contributed by atoms with Crippen LogP contribution in [0.3, 0.4) is 0 Å². The van der Waals surface area contributed by atoms with Gasteiger partial charge < -0.3 is 69.4 Å². The highest BCUT2D eigenvalue weighted by Crippen LogP contribution is 2.33. The number of carbonyl (C=O) groups is 7. The number of aliphatic hydroxyl groups is 2. The second kappa shape index (κ2) is 36.2. The molecule has 3 aliphatic rings. The van der Waals surface area contributed by atoms with E-state index in [0.29, 0.717) is 12.4 Å². The van der Waals surface area contributed by atoms with Crippen LogP contribution in [0.2, 0.25) is 0 Å². The fourth-order valence-corrected chi connectivity index (χ4v) is 12.2. The minimum absolute atomic E-state index is 0.0539. The normalized spacial score (nSPS) is 18.2. The van der Waals surface area contributed by atoms with Crippen molar-refractivity contribution in [2.45, 2.75) is 142 Å². The van der Waals surface area contributed by atoms with Crippen LogP contribution in [-0.2, 0) is 73.5 Å². The molecule has 2 aromatic heterocycles. The number of aryl methyl sites for hydroxylation is 1. The molecule has 4 aromatic carbocycles. The van der Waals surface area contributed by atoms with Crippen molar-refractivity contribution in [3.8, 4) is 27.6 Å². The highest BCUT2D eigenvalue weighted by molar-refractivity contribution is 7.13. The number of aromatic nitrogens is 2.